The van der Waals surface area contributed by atoms with Crippen LogP contribution in [0.3, 0.4) is 0 Å². The molecule has 0 spiro atoms. The average Bonchev–Trinajstić information content (AvgIpc) is 3.04. The van der Waals surface area contributed by atoms with E-state index in [4.69, 9.17) is 14.7 Å². The zero-order chi connectivity index (χ0) is 22.8. The summed E-state index contributed by atoms with van der Waals surface area (Å²) in [6, 6.07) is 7.48. The number of carbonyl (C=O) groups is 1. The Kier molecular flexibility index (Phi) is 6.49. The quantitative estimate of drug-likeness (QED) is 0.504. The molecular formula is C26H32N4O2S. The number of hydrogen-bond acceptors (Lipinski definition) is 6. The maximum absolute atomic E-state index is 13.2. The molecule has 6 nitrogen and oxygen atoms in total. The van der Waals surface area contributed by atoms with E-state index in [0.717, 1.165) is 48.8 Å². The van der Waals surface area contributed by atoms with E-state index in [9.17, 15) is 4.79 Å². The highest BCUT2D eigenvalue weighted by atomic mass is 32.1. The Morgan fingerprint density at radius 3 is 2.64 bits per heavy atom. The number of aryl methyl sites for hydroxylation is 3. The van der Waals surface area contributed by atoms with Crippen molar-refractivity contribution in [3.05, 3.63) is 46.1 Å². The Bertz CT molecular complexity index is 1150. The van der Waals surface area contributed by atoms with Gasteiger partial charge in [0.2, 0.25) is 0 Å². The highest BCUT2D eigenvalue weighted by Crippen LogP contribution is 2.39. The van der Waals surface area contributed by atoms with Crippen LogP contribution in [-0.2, 0) is 19.3 Å². The zero-order valence-corrected chi connectivity index (χ0v) is 20.4. The molecule has 33 heavy (non-hydrogen) atoms. The monoisotopic (exact) mass is 464 g/mol. The standard InChI is InChI=1S/C26H32N4O2S/c1-3-9-22-27-24(23-19-11-5-4-6-13-21(19)33-25(23)28-22)29-14-16-30(17-15-29)26(31)18-10-7-8-12-20(18)32-2/h7-8,10,12H,3-6,9,11,13-17H2,1-2H3. The molecule has 0 radical (unpaired) electrons. The van der Waals surface area contributed by atoms with Gasteiger partial charge in [0.1, 0.15) is 22.2 Å². The fraction of sp³-hybridized carbons (Fsp3) is 0.500. The third-order valence-corrected chi connectivity index (χ3v) is 7.95. The number of hydrogen-bond donors (Lipinski definition) is 0. The molecule has 1 aliphatic carbocycles. The summed E-state index contributed by atoms with van der Waals surface area (Å²) in [6.45, 7) is 5.10. The molecular weight excluding hydrogens is 432 g/mol. The number of thiophene rings is 1. The smallest absolute Gasteiger partial charge is 0.257 e. The Hall–Kier alpha value is -2.67. The first-order valence-corrected chi connectivity index (χ1v) is 13.0. The minimum absolute atomic E-state index is 0.0380. The summed E-state index contributed by atoms with van der Waals surface area (Å²) in [5.74, 6) is 2.71. The third-order valence-electron chi connectivity index (χ3n) is 6.77. The van der Waals surface area contributed by atoms with Crippen LogP contribution in [0.1, 0.15) is 59.2 Å². The Morgan fingerprint density at radius 1 is 1.06 bits per heavy atom. The summed E-state index contributed by atoms with van der Waals surface area (Å²) >= 11 is 1.88. The zero-order valence-electron chi connectivity index (χ0n) is 19.6. The van der Waals surface area contributed by atoms with Crippen molar-refractivity contribution in [2.75, 3.05) is 38.2 Å². The van der Waals surface area contributed by atoms with Gasteiger partial charge in [0.05, 0.1) is 18.1 Å². The van der Waals surface area contributed by atoms with Crippen LogP contribution in [0.15, 0.2) is 24.3 Å². The van der Waals surface area contributed by atoms with Crippen LogP contribution >= 0.6 is 11.3 Å². The summed E-state index contributed by atoms with van der Waals surface area (Å²) in [5, 5.41) is 1.28. The van der Waals surface area contributed by atoms with Gasteiger partial charge in [-0.05, 0) is 49.8 Å². The van der Waals surface area contributed by atoms with Gasteiger partial charge in [0, 0.05) is 37.5 Å². The van der Waals surface area contributed by atoms with Gasteiger partial charge in [-0.3, -0.25) is 4.79 Å². The number of carbonyl (C=O) groups excluding carboxylic acids is 1. The predicted octanol–water partition coefficient (Wildman–Crippen LogP) is 4.88. The van der Waals surface area contributed by atoms with Crippen molar-refractivity contribution in [2.45, 2.75) is 51.9 Å². The molecule has 0 N–H and O–H groups in total. The molecule has 1 aromatic carbocycles. The molecule has 0 bridgehead atoms. The van der Waals surface area contributed by atoms with E-state index in [1.165, 1.54) is 41.5 Å². The lowest BCUT2D eigenvalue weighted by Gasteiger charge is -2.36. The van der Waals surface area contributed by atoms with E-state index in [0.29, 0.717) is 24.4 Å². The molecule has 0 atom stereocenters. The van der Waals surface area contributed by atoms with Crippen LogP contribution in [0.2, 0.25) is 0 Å². The van der Waals surface area contributed by atoms with Crippen LogP contribution in [0.4, 0.5) is 5.82 Å². The highest BCUT2D eigenvalue weighted by molar-refractivity contribution is 7.19. The van der Waals surface area contributed by atoms with Gasteiger partial charge >= 0.3 is 0 Å². The van der Waals surface area contributed by atoms with Gasteiger partial charge in [-0.1, -0.05) is 25.5 Å². The Balaban J connectivity index is 1.43. The van der Waals surface area contributed by atoms with Crippen LogP contribution in [0.5, 0.6) is 5.75 Å². The van der Waals surface area contributed by atoms with Crippen LogP contribution in [-0.4, -0.2) is 54.1 Å². The number of anilines is 1. The number of ether oxygens (including phenoxy) is 1. The minimum Gasteiger partial charge on any atom is -0.496 e. The first-order chi connectivity index (χ1) is 16.2. The molecule has 0 unspecified atom stereocenters. The first kappa shape index (κ1) is 22.1. The second-order valence-corrected chi connectivity index (χ2v) is 10.0. The Labute approximate surface area is 199 Å². The molecule has 7 heteroatoms. The predicted molar refractivity (Wildman–Crippen MR) is 134 cm³/mol. The molecule has 5 rings (SSSR count). The molecule has 0 saturated carbocycles. The molecule has 1 saturated heterocycles. The summed E-state index contributed by atoms with van der Waals surface area (Å²) < 4.78 is 5.41. The third kappa shape index (κ3) is 4.31. The van der Waals surface area contributed by atoms with Crippen LogP contribution in [0.25, 0.3) is 10.2 Å². The van der Waals surface area contributed by atoms with E-state index in [1.54, 1.807) is 7.11 Å². The number of fused-ring (bicyclic) bond motifs is 3. The number of nitrogens with zero attached hydrogens (tertiary/aromatic N) is 4. The molecule has 1 aliphatic heterocycles. The average molecular weight is 465 g/mol. The van der Waals surface area contributed by atoms with Crippen molar-refractivity contribution < 1.29 is 9.53 Å². The number of rotatable bonds is 5. The van der Waals surface area contributed by atoms with Gasteiger partial charge in [0.15, 0.2) is 0 Å². The van der Waals surface area contributed by atoms with Crippen LogP contribution in [0, 0.1) is 0 Å². The molecule has 3 heterocycles. The van der Waals surface area contributed by atoms with Gasteiger partial charge in [0.25, 0.3) is 5.91 Å². The number of piperazine rings is 1. The second-order valence-electron chi connectivity index (χ2n) is 8.94. The topological polar surface area (TPSA) is 58.6 Å². The second kappa shape index (κ2) is 9.67. The van der Waals surface area contributed by atoms with E-state index in [2.05, 4.69) is 11.8 Å². The van der Waals surface area contributed by atoms with E-state index in [1.807, 2.05) is 40.5 Å². The Morgan fingerprint density at radius 2 is 1.85 bits per heavy atom. The van der Waals surface area contributed by atoms with Crippen molar-refractivity contribution in [1.82, 2.24) is 14.9 Å². The molecule has 1 amide bonds. The molecule has 174 valence electrons. The number of para-hydroxylation sites is 1. The molecule has 2 aliphatic rings. The molecule has 3 aromatic rings. The van der Waals surface area contributed by atoms with E-state index < -0.39 is 0 Å². The summed E-state index contributed by atoms with van der Waals surface area (Å²) in [4.78, 5) is 30.2. The molecule has 1 fully saturated rings. The van der Waals surface area contributed by atoms with Crippen LogP contribution < -0.4 is 9.64 Å². The maximum atomic E-state index is 13.2. The van der Waals surface area contributed by atoms with Crippen molar-refractivity contribution in [3.63, 3.8) is 0 Å². The van der Waals surface area contributed by atoms with E-state index in [-0.39, 0.29) is 5.91 Å². The minimum atomic E-state index is 0.0380. The van der Waals surface area contributed by atoms with Gasteiger partial charge in [-0.2, -0.15) is 0 Å². The fourth-order valence-electron chi connectivity index (χ4n) is 5.04. The summed E-state index contributed by atoms with van der Waals surface area (Å²) in [6.07, 6.45) is 8.06. The largest absolute Gasteiger partial charge is 0.496 e. The van der Waals surface area contributed by atoms with Crippen molar-refractivity contribution >= 4 is 33.3 Å². The number of methoxy groups -OCH3 is 1. The lowest BCUT2D eigenvalue weighted by molar-refractivity contribution is 0.0743. The SMILES string of the molecule is CCCc1nc(N2CCN(C(=O)c3ccccc3OC)CC2)c2c3c(sc2n1)CCCCC3. The van der Waals surface area contributed by atoms with Crippen molar-refractivity contribution in [2.24, 2.45) is 0 Å². The summed E-state index contributed by atoms with van der Waals surface area (Å²) in [5.41, 5.74) is 2.12. The molecule has 2 aromatic heterocycles. The summed E-state index contributed by atoms with van der Waals surface area (Å²) in [7, 11) is 1.61. The number of amides is 1. The van der Waals surface area contributed by atoms with Crippen molar-refractivity contribution in [1.29, 1.82) is 0 Å². The first-order valence-electron chi connectivity index (χ1n) is 12.2. The lowest BCUT2D eigenvalue weighted by Crippen LogP contribution is -2.49. The van der Waals surface area contributed by atoms with Crippen molar-refractivity contribution in [3.8, 4) is 5.75 Å². The number of aromatic nitrogens is 2. The normalized spacial score (nSPS) is 16.5. The lowest BCUT2D eigenvalue weighted by atomic mass is 10.1. The van der Waals surface area contributed by atoms with Gasteiger partial charge in [-0.25, -0.2) is 9.97 Å². The van der Waals surface area contributed by atoms with Gasteiger partial charge in [-0.15, -0.1) is 11.3 Å². The van der Waals surface area contributed by atoms with E-state index >= 15 is 0 Å². The highest BCUT2D eigenvalue weighted by Gasteiger charge is 2.28. The van der Waals surface area contributed by atoms with Gasteiger partial charge < -0.3 is 14.5 Å². The fourth-order valence-corrected chi connectivity index (χ4v) is 6.31. The number of benzene rings is 1. The maximum Gasteiger partial charge on any atom is 0.257 e.